The van der Waals surface area contributed by atoms with Gasteiger partial charge in [0.2, 0.25) is 5.91 Å². The number of hydrogen-bond donors (Lipinski definition) is 1. The van der Waals surface area contributed by atoms with Crippen molar-refractivity contribution in [2.24, 2.45) is 0 Å². The molecule has 0 saturated carbocycles. The van der Waals surface area contributed by atoms with Gasteiger partial charge in [-0.2, -0.15) is 0 Å². The highest BCUT2D eigenvalue weighted by molar-refractivity contribution is 7.99. The minimum absolute atomic E-state index is 0.000643. The van der Waals surface area contributed by atoms with Crippen LogP contribution in [0.4, 0.5) is 5.82 Å². The molecule has 1 aromatic rings. The average molecular weight is 386 g/mol. The van der Waals surface area contributed by atoms with E-state index in [4.69, 9.17) is 16.3 Å². The third-order valence-electron chi connectivity index (χ3n) is 4.28. The summed E-state index contributed by atoms with van der Waals surface area (Å²) in [5, 5.41) is 3.88. The maximum absolute atomic E-state index is 12.0. The smallest absolute Gasteiger partial charge is 0.230 e. The highest BCUT2D eigenvalue weighted by atomic mass is 35.5. The van der Waals surface area contributed by atoms with E-state index in [1.807, 2.05) is 0 Å². The van der Waals surface area contributed by atoms with Crippen molar-refractivity contribution in [3.63, 3.8) is 0 Å². The molecule has 3 rings (SSSR count). The lowest BCUT2D eigenvalue weighted by Crippen LogP contribution is -2.36. The predicted molar refractivity (Wildman–Crippen MR) is 99.5 cm³/mol. The summed E-state index contributed by atoms with van der Waals surface area (Å²) in [6, 6.07) is 1.76. The van der Waals surface area contributed by atoms with Gasteiger partial charge in [0, 0.05) is 32.2 Å². The number of nitrogens with one attached hydrogen (secondary N) is 1. The third kappa shape index (κ3) is 5.99. The number of likely N-dealkylation sites (tertiary alicyclic amines) is 1. The number of nitrogens with zero attached hydrogens (tertiary/aromatic N) is 4. The number of halogens is 1. The van der Waals surface area contributed by atoms with E-state index in [-0.39, 0.29) is 5.91 Å². The largest absolute Gasteiger partial charge is 0.378 e. The minimum Gasteiger partial charge on any atom is -0.378 e. The van der Waals surface area contributed by atoms with Crippen LogP contribution in [0.15, 0.2) is 11.2 Å². The predicted octanol–water partition coefficient (Wildman–Crippen LogP) is 1.27. The molecule has 0 atom stereocenters. The van der Waals surface area contributed by atoms with E-state index in [0.29, 0.717) is 35.8 Å². The molecule has 1 aromatic heterocycles. The lowest BCUT2D eigenvalue weighted by atomic mass is 10.4. The van der Waals surface area contributed by atoms with E-state index < -0.39 is 0 Å². The summed E-state index contributed by atoms with van der Waals surface area (Å²) < 4.78 is 5.36. The number of ether oxygens (including phenoxy) is 1. The normalized spacial score (nSPS) is 18.5. The van der Waals surface area contributed by atoms with Gasteiger partial charge in [0.1, 0.15) is 11.0 Å². The van der Waals surface area contributed by atoms with Gasteiger partial charge in [-0.1, -0.05) is 23.4 Å². The number of anilines is 1. The van der Waals surface area contributed by atoms with E-state index in [1.54, 1.807) is 6.07 Å². The molecule has 2 aliphatic heterocycles. The fraction of sp³-hybridized carbons (Fsp3) is 0.688. The van der Waals surface area contributed by atoms with Crippen LogP contribution in [0, 0.1) is 0 Å². The highest BCUT2D eigenvalue weighted by Crippen LogP contribution is 2.22. The van der Waals surface area contributed by atoms with Crippen LogP contribution in [0.3, 0.4) is 0 Å². The van der Waals surface area contributed by atoms with E-state index >= 15 is 0 Å². The van der Waals surface area contributed by atoms with Gasteiger partial charge < -0.3 is 19.9 Å². The van der Waals surface area contributed by atoms with Crippen LogP contribution in [0.5, 0.6) is 0 Å². The van der Waals surface area contributed by atoms with E-state index in [9.17, 15) is 4.79 Å². The molecule has 0 radical (unpaired) electrons. The lowest BCUT2D eigenvalue weighted by molar-refractivity contribution is -0.118. The molecule has 0 aromatic carbocycles. The molecule has 0 aliphatic carbocycles. The molecule has 7 nitrogen and oxygen atoms in total. The van der Waals surface area contributed by atoms with Gasteiger partial charge in [0.15, 0.2) is 5.16 Å². The molecule has 0 unspecified atom stereocenters. The Morgan fingerprint density at radius 2 is 2.00 bits per heavy atom. The highest BCUT2D eigenvalue weighted by Gasteiger charge is 2.16. The lowest BCUT2D eigenvalue weighted by Gasteiger charge is -2.27. The van der Waals surface area contributed by atoms with Crippen molar-refractivity contribution in [1.29, 1.82) is 0 Å². The summed E-state index contributed by atoms with van der Waals surface area (Å²) >= 11 is 7.43. The molecule has 0 spiro atoms. The molecule has 138 valence electrons. The summed E-state index contributed by atoms with van der Waals surface area (Å²) in [5.41, 5.74) is 0. The molecule has 1 amide bonds. The number of rotatable bonds is 7. The zero-order chi connectivity index (χ0) is 17.5. The van der Waals surface area contributed by atoms with Crippen molar-refractivity contribution in [2.45, 2.75) is 18.0 Å². The van der Waals surface area contributed by atoms with Gasteiger partial charge >= 0.3 is 0 Å². The molecule has 0 bridgehead atoms. The van der Waals surface area contributed by atoms with Crippen LogP contribution < -0.4 is 10.2 Å². The van der Waals surface area contributed by atoms with Gasteiger partial charge in [-0.3, -0.25) is 4.79 Å². The molecule has 2 fully saturated rings. The SMILES string of the molecule is O=C(CSc1nc(Cl)cc(N2CCOCC2)n1)NCCN1CCCC1. The number of thioether (sulfide) groups is 1. The van der Waals surface area contributed by atoms with Crippen LogP contribution in [0.1, 0.15) is 12.8 Å². The number of morpholine rings is 1. The Hall–Kier alpha value is -1.09. The topological polar surface area (TPSA) is 70.6 Å². The van der Waals surface area contributed by atoms with Gasteiger partial charge in [-0.15, -0.1) is 0 Å². The van der Waals surface area contributed by atoms with Crippen LogP contribution in [-0.4, -0.2) is 79.0 Å². The molecule has 3 heterocycles. The molecular weight excluding hydrogens is 362 g/mol. The minimum atomic E-state index is 0.000643. The third-order valence-corrected chi connectivity index (χ3v) is 5.32. The van der Waals surface area contributed by atoms with Crippen molar-refractivity contribution in [3.8, 4) is 0 Å². The summed E-state index contributed by atoms with van der Waals surface area (Å²) in [7, 11) is 0. The zero-order valence-electron chi connectivity index (χ0n) is 14.2. The van der Waals surface area contributed by atoms with Gasteiger partial charge in [0.05, 0.1) is 19.0 Å². The number of carbonyl (C=O) groups excluding carboxylic acids is 1. The van der Waals surface area contributed by atoms with Gasteiger partial charge in [-0.05, 0) is 25.9 Å². The van der Waals surface area contributed by atoms with E-state index in [0.717, 1.165) is 38.5 Å². The standard InChI is InChI=1S/C16H24ClN5O2S/c17-13-11-14(22-7-9-24-10-8-22)20-16(19-13)25-12-15(23)18-3-6-21-4-1-2-5-21/h11H,1-10,12H2,(H,18,23). The molecule has 25 heavy (non-hydrogen) atoms. The van der Waals surface area contributed by atoms with E-state index in [2.05, 4.69) is 25.1 Å². The van der Waals surface area contributed by atoms with Crippen molar-refractivity contribution in [1.82, 2.24) is 20.2 Å². The maximum atomic E-state index is 12.0. The molecule has 2 saturated heterocycles. The number of amides is 1. The Morgan fingerprint density at radius 3 is 2.76 bits per heavy atom. The molecule has 1 N–H and O–H groups in total. The Balaban J connectivity index is 1.45. The van der Waals surface area contributed by atoms with Crippen LogP contribution in [0.2, 0.25) is 5.15 Å². The van der Waals surface area contributed by atoms with Crippen molar-refractivity contribution >= 4 is 35.1 Å². The summed E-state index contributed by atoms with van der Waals surface area (Å²) in [4.78, 5) is 25.2. The first-order chi connectivity index (χ1) is 12.2. The summed E-state index contributed by atoms with van der Waals surface area (Å²) in [5.74, 6) is 1.09. The van der Waals surface area contributed by atoms with Crippen LogP contribution in [0.25, 0.3) is 0 Å². The average Bonchev–Trinajstić information content (AvgIpc) is 3.14. The number of hydrogen-bond acceptors (Lipinski definition) is 7. The van der Waals surface area contributed by atoms with E-state index in [1.165, 1.54) is 24.6 Å². The van der Waals surface area contributed by atoms with Gasteiger partial charge in [-0.25, -0.2) is 9.97 Å². The molecule has 9 heteroatoms. The van der Waals surface area contributed by atoms with Crippen LogP contribution >= 0.6 is 23.4 Å². The van der Waals surface area contributed by atoms with Crippen molar-refractivity contribution in [2.75, 3.05) is 63.1 Å². The van der Waals surface area contributed by atoms with Crippen molar-refractivity contribution in [3.05, 3.63) is 11.2 Å². The Kier molecular flexibility index (Phi) is 7.15. The number of aromatic nitrogens is 2. The summed E-state index contributed by atoms with van der Waals surface area (Å²) in [6.07, 6.45) is 2.53. The summed E-state index contributed by atoms with van der Waals surface area (Å²) in [6.45, 7) is 6.84. The second-order valence-electron chi connectivity index (χ2n) is 6.12. The van der Waals surface area contributed by atoms with Crippen LogP contribution in [-0.2, 0) is 9.53 Å². The molecular formula is C16H24ClN5O2S. The fourth-order valence-corrected chi connectivity index (χ4v) is 3.86. The van der Waals surface area contributed by atoms with Gasteiger partial charge in [0.25, 0.3) is 0 Å². The van der Waals surface area contributed by atoms with Crippen molar-refractivity contribution < 1.29 is 9.53 Å². The first-order valence-electron chi connectivity index (χ1n) is 8.70. The first-order valence-corrected chi connectivity index (χ1v) is 10.1. The quantitative estimate of drug-likeness (QED) is 0.430. The number of carbonyl (C=O) groups is 1. The first kappa shape index (κ1) is 18.7. The fourth-order valence-electron chi connectivity index (χ4n) is 2.95. The zero-order valence-corrected chi connectivity index (χ0v) is 15.8. The maximum Gasteiger partial charge on any atom is 0.230 e. The molecule has 2 aliphatic rings. The second kappa shape index (κ2) is 9.56. The Labute approximate surface area is 157 Å². The Bertz CT molecular complexity index is 580. The Morgan fingerprint density at radius 1 is 1.24 bits per heavy atom. The monoisotopic (exact) mass is 385 g/mol. The second-order valence-corrected chi connectivity index (χ2v) is 7.45.